The van der Waals surface area contributed by atoms with Gasteiger partial charge in [-0.25, -0.2) is 9.18 Å². The molecule has 1 aromatic rings. The van der Waals surface area contributed by atoms with Gasteiger partial charge in [0, 0.05) is 0 Å². The smallest absolute Gasteiger partial charge is 0.328 e. The van der Waals surface area contributed by atoms with Gasteiger partial charge in [-0.3, -0.25) is 4.79 Å². The average molecular weight is 296 g/mol. The number of amides is 1. The van der Waals surface area contributed by atoms with E-state index in [-0.39, 0.29) is 15.6 Å². The average Bonchev–Trinajstić information content (AvgIpc) is 2.29. The van der Waals surface area contributed by atoms with Crippen LogP contribution in [0, 0.1) is 5.82 Å². The molecule has 0 aliphatic heterocycles. The van der Waals surface area contributed by atoms with Crippen molar-refractivity contribution < 1.29 is 24.2 Å². The topological polar surface area (TPSA) is 86.6 Å². The van der Waals surface area contributed by atoms with Crippen LogP contribution < -0.4 is 5.32 Å². The molecule has 0 saturated heterocycles. The van der Waals surface area contributed by atoms with Crippen molar-refractivity contribution in [1.29, 1.82) is 0 Å². The van der Waals surface area contributed by atoms with E-state index < -0.39 is 30.3 Å². The van der Waals surface area contributed by atoms with Crippen LogP contribution in [-0.4, -0.2) is 34.7 Å². The highest BCUT2D eigenvalue weighted by atomic mass is 35.5. The van der Waals surface area contributed by atoms with Crippen molar-refractivity contribution in [2.24, 2.45) is 0 Å². The zero-order valence-corrected chi connectivity index (χ0v) is 10.3. The largest absolute Gasteiger partial charge is 0.480 e. The van der Waals surface area contributed by atoms with Crippen LogP contribution in [0.2, 0.25) is 10.0 Å². The molecule has 1 aromatic carbocycles. The summed E-state index contributed by atoms with van der Waals surface area (Å²) in [6.07, 6.45) is 0. The van der Waals surface area contributed by atoms with Gasteiger partial charge in [-0.05, 0) is 12.1 Å². The lowest BCUT2D eigenvalue weighted by Crippen LogP contribution is -2.43. The van der Waals surface area contributed by atoms with Crippen LogP contribution in [0.15, 0.2) is 12.1 Å². The van der Waals surface area contributed by atoms with Gasteiger partial charge >= 0.3 is 5.97 Å². The predicted molar refractivity (Wildman–Crippen MR) is 62.4 cm³/mol. The van der Waals surface area contributed by atoms with Crippen LogP contribution in [0.3, 0.4) is 0 Å². The Kier molecular flexibility index (Phi) is 4.89. The van der Waals surface area contributed by atoms with Gasteiger partial charge < -0.3 is 15.5 Å². The zero-order valence-electron chi connectivity index (χ0n) is 8.78. The number of aliphatic hydroxyl groups is 1. The molecule has 18 heavy (non-hydrogen) atoms. The van der Waals surface area contributed by atoms with E-state index in [1.54, 1.807) is 0 Å². The fourth-order valence-electron chi connectivity index (χ4n) is 1.12. The molecule has 0 radical (unpaired) electrons. The molecule has 3 N–H and O–H groups in total. The Morgan fingerprint density at radius 1 is 1.33 bits per heavy atom. The van der Waals surface area contributed by atoms with Crippen molar-refractivity contribution in [3.05, 3.63) is 33.6 Å². The maximum atomic E-state index is 13.2. The zero-order chi connectivity index (χ0) is 13.9. The number of carbonyl (C=O) groups excluding carboxylic acids is 1. The third-order valence-electron chi connectivity index (χ3n) is 2.04. The van der Waals surface area contributed by atoms with Crippen molar-refractivity contribution in [2.75, 3.05) is 6.61 Å². The lowest BCUT2D eigenvalue weighted by atomic mass is 10.2. The van der Waals surface area contributed by atoms with Gasteiger partial charge in [0.2, 0.25) is 0 Å². The number of aliphatic hydroxyl groups excluding tert-OH is 1. The summed E-state index contributed by atoms with van der Waals surface area (Å²) in [4.78, 5) is 22.2. The van der Waals surface area contributed by atoms with Crippen LogP contribution in [0.25, 0.3) is 0 Å². The van der Waals surface area contributed by atoms with E-state index in [9.17, 15) is 14.0 Å². The number of rotatable bonds is 4. The number of hydrogen-bond acceptors (Lipinski definition) is 3. The van der Waals surface area contributed by atoms with E-state index in [1.807, 2.05) is 5.32 Å². The monoisotopic (exact) mass is 295 g/mol. The Bertz CT molecular complexity index is 495. The fraction of sp³-hybridized carbons (Fsp3) is 0.200. The van der Waals surface area contributed by atoms with Crippen molar-refractivity contribution in [1.82, 2.24) is 5.32 Å². The molecule has 0 spiro atoms. The molecule has 0 saturated carbocycles. The van der Waals surface area contributed by atoms with E-state index in [0.717, 1.165) is 12.1 Å². The standard InChI is InChI=1S/C10H8Cl2FNO4/c11-5-2-6(12)7(13)1-4(5)9(16)14-8(3-15)10(17)18/h1-2,8,15H,3H2,(H,14,16)(H,17,18)/t8-/m1/s1. The van der Waals surface area contributed by atoms with Crippen molar-refractivity contribution in [2.45, 2.75) is 6.04 Å². The van der Waals surface area contributed by atoms with Gasteiger partial charge in [-0.15, -0.1) is 0 Å². The molecule has 0 fully saturated rings. The molecular weight excluding hydrogens is 288 g/mol. The number of aliphatic carboxylic acids is 1. The minimum atomic E-state index is -1.49. The third kappa shape index (κ3) is 3.32. The van der Waals surface area contributed by atoms with Crippen molar-refractivity contribution >= 4 is 35.1 Å². The van der Waals surface area contributed by atoms with E-state index in [1.165, 1.54) is 0 Å². The Labute approximate surface area is 111 Å². The van der Waals surface area contributed by atoms with Crippen molar-refractivity contribution in [3.8, 4) is 0 Å². The second kappa shape index (κ2) is 5.99. The maximum Gasteiger partial charge on any atom is 0.328 e. The molecule has 98 valence electrons. The van der Waals surface area contributed by atoms with Crippen LogP contribution in [0.4, 0.5) is 4.39 Å². The van der Waals surface area contributed by atoms with Crippen LogP contribution in [0.1, 0.15) is 10.4 Å². The summed E-state index contributed by atoms with van der Waals surface area (Å²) in [5.41, 5.74) is -0.265. The van der Waals surface area contributed by atoms with Crippen LogP contribution >= 0.6 is 23.2 Å². The maximum absolute atomic E-state index is 13.2. The molecule has 1 amide bonds. The van der Waals surface area contributed by atoms with Crippen molar-refractivity contribution in [3.63, 3.8) is 0 Å². The highest BCUT2D eigenvalue weighted by Gasteiger charge is 2.21. The van der Waals surface area contributed by atoms with Gasteiger partial charge in [0.15, 0.2) is 6.04 Å². The number of carbonyl (C=O) groups is 2. The molecule has 0 bridgehead atoms. The highest BCUT2D eigenvalue weighted by molar-refractivity contribution is 6.36. The first-order valence-electron chi connectivity index (χ1n) is 4.66. The normalized spacial score (nSPS) is 12.0. The molecule has 8 heteroatoms. The minimum absolute atomic E-state index is 0.124. The second-order valence-corrected chi connectivity index (χ2v) is 4.11. The second-order valence-electron chi connectivity index (χ2n) is 3.29. The molecule has 1 atom stereocenters. The molecule has 0 heterocycles. The lowest BCUT2D eigenvalue weighted by molar-refractivity contribution is -0.140. The summed E-state index contributed by atoms with van der Waals surface area (Å²) < 4.78 is 13.2. The summed E-state index contributed by atoms with van der Waals surface area (Å²) in [6.45, 7) is -0.797. The van der Waals surface area contributed by atoms with Crippen LogP contribution in [-0.2, 0) is 4.79 Å². The number of carboxylic acids is 1. The number of nitrogens with one attached hydrogen (secondary N) is 1. The van der Waals surface area contributed by atoms with E-state index in [2.05, 4.69) is 0 Å². The Balaban J connectivity index is 2.97. The quantitative estimate of drug-likeness (QED) is 0.731. The van der Waals surface area contributed by atoms with Gasteiger partial charge in [-0.1, -0.05) is 23.2 Å². The Morgan fingerprint density at radius 3 is 2.44 bits per heavy atom. The first kappa shape index (κ1) is 14.7. The molecule has 0 unspecified atom stereocenters. The van der Waals surface area contributed by atoms with E-state index in [4.69, 9.17) is 33.4 Å². The first-order valence-corrected chi connectivity index (χ1v) is 5.41. The number of hydrogen-bond donors (Lipinski definition) is 3. The first-order chi connectivity index (χ1) is 8.36. The van der Waals surface area contributed by atoms with Gasteiger partial charge in [0.25, 0.3) is 5.91 Å². The molecule has 0 aliphatic rings. The third-order valence-corrected chi connectivity index (χ3v) is 2.64. The molecule has 0 aromatic heterocycles. The predicted octanol–water partition coefficient (Wildman–Crippen LogP) is 1.31. The summed E-state index contributed by atoms with van der Waals surface area (Å²) >= 11 is 11.1. The number of benzene rings is 1. The fourth-order valence-corrected chi connectivity index (χ4v) is 1.59. The van der Waals surface area contributed by atoms with E-state index in [0.29, 0.717) is 0 Å². The summed E-state index contributed by atoms with van der Waals surface area (Å²) in [6, 6.07) is 0.325. The molecule has 5 nitrogen and oxygen atoms in total. The summed E-state index contributed by atoms with van der Waals surface area (Å²) in [5.74, 6) is -3.20. The SMILES string of the molecule is O=C(N[C@H](CO)C(=O)O)c1cc(F)c(Cl)cc1Cl. The van der Waals surface area contributed by atoms with Gasteiger partial charge in [-0.2, -0.15) is 0 Å². The molecular formula is C10H8Cl2FNO4. The van der Waals surface area contributed by atoms with Gasteiger partial charge in [0.1, 0.15) is 5.82 Å². The van der Waals surface area contributed by atoms with Crippen LogP contribution in [0.5, 0.6) is 0 Å². The van der Waals surface area contributed by atoms with E-state index >= 15 is 0 Å². The summed E-state index contributed by atoms with van der Waals surface area (Å²) in [7, 11) is 0. The molecule has 0 aliphatic carbocycles. The highest BCUT2D eigenvalue weighted by Crippen LogP contribution is 2.24. The minimum Gasteiger partial charge on any atom is -0.480 e. The van der Waals surface area contributed by atoms with Gasteiger partial charge in [0.05, 0.1) is 22.2 Å². The molecule has 1 rings (SSSR count). The lowest BCUT2D eigenvalue weighted by Gasteiger charge is -2.12. The Hall–Kier alpha value is -1.37. The Morgan fingerprint density at radius 2 is 1.94 bits per heavy atom. The number of halogens is 3. The summed E-state index contributed by atoms with van der Waals surface area (Å²) in [5, 5.41) is 19.0. The number of carboxylic acid groups (broad SMARTS) is 1.